The zero-order chi connectivity index (χ0) is 21.1. The minimum Gasteiger partial charge on any atom is -0.496 e. The van der Waals surface area contributed by atoms with Crippen molar-refractivity contribution in [3.63, 3.8) is 0 Å². The van der Waals surface area contributed by atoms with Crippen LogP contribution in [-0.2, 0) is 13.0 Å². The fraction of sp³-hybridized carbons (Fsp3) is 0.391. The van der Waals surface area contributed by atoms with E-state index in [1.165, 1.54) is 0 Å². The van der Waals surface area contributed by atoms with Gasteiger partial charge in [0, 0.05) is 31.7 Å². The number of benzene rings is 2. The van der Waals surface area contributed by atoms with Gasteiger partial charge in [-0.3, -0.25) is 9.79 Å². The molecule has 0 heterocycles. The van der Waals surface area contributed by atoms with E-state index in [0.29, 0.717) is 12.1 Å². The summed E-state index contributed by atoms with van der Waals surface area (Å²) in [6.45, 7) is 5.43. The summed E-state index contributed by atoms with van der Waals surface area (Å²) in [5, 5.41) is 9.59. The van der Waals surface area contributed by atoms with E-state index < -0.39 is 0 Å². The van der Waals surface area contributed by atoms with Gasteiger partial charge in [0.1, 0.15) is 5.75 Å². The van der Waals surface area contributed by atoms with Gasteiger partial charge >= 0.3 is 0 Å². The Labute approximate surface area is 196 Å². The second kappa shape index (κ2) is 13.8. The first-order valence-corrected chi connectivity index (χ1v) is 10.0. The predicted molar refractivity (Wildman–Crippen MR) is 134 cm³/mol. The van der Waals surface area contributed by atoms with Crippen LogP contribution in [0.15, 0.2) is 53.5 Å². The average molecular weight is 524 g/mol. The number of rotatable bonds is 9. The van der Waals surface area contributed by atoms with Crippen molar-refractivity contribution in [2.45, 2.75) is 39.3 Å². The average Bonchev–Trinajstić information content (AvgIpc) is 2.76. The normalized spacial score (nSPS) is 11.8. The molecule has 0 saturated carbocycles. The number of nitrogens with one attached hydrogen (secondary N) is 3. The third-order valence-corrected chi connectivity index (χ3v) is 4.77. The molecule has 0 aromatic heterocycles. The van der Waals surface area contributed by atoms with E-state index in [2.05, 4.69) is 33.9 Å². The molecule has 3 N–H and O–H groups in total. The lowest BCUT2D eigenvalue weighted by Gasteiger charge is -2.14. The number of halogens is 1. The largest absolute Gasteiger partial charge is 0.496 e. The second-order valence-electron chi connectivity index (χ2n) is 6.89. The van der Waals surface area contributed by atoms with Crippen LogP contribution in [0.5, 0.6) is 5.75 Å². The van der Waals surface area contributed by atoms with E-state index in [0.717, 1.165) is 42.2 Å². The minimum absolute atomic E-state index is 0. The van der Waals surface area contributed by atoms with Crippen molar-refractivity contribution in [3.05, 3.63) is 65.2 Å². The van der Waals surface area contributed by atoms with E-state index in [1.807, 2.05) is 49.4 Å². The Kier molecular flexibility index (Phi) is 11.9. The zero-order valence-corrected chi connectivity index (χ0v) is 20.5. The summed E-state index contributed by atoms with van der Waals surface area (Å²) in [7, 11) is 3.44. The van der Waals surface area contributed by atoms with Crippen molar-refractivity contribution >= 4 is 35.8 Å². The lowest BCUT2D eigenvalue weighted by atomic mass is 10.1. The van der Waals surface area contributed by atoms with Gasteiger partial charge in [0.05, 0.1) is 7.11 Å². The summed E-state index contributed by atoms with van der Waals surface area (Å²) in [5.41, 5.74) is 2.91. The van der Waals surface area contributed by atoms with E-state index >= 15 is 0 Å². The Bertz CT molecular complexity index is 809. The van der Waals surface area contributed by atoms with Crippen LogP contribution in [-0.4, -0.2) is 38.6 Å². The summed E-state index contributed by atoms with van der Waals surface area (Å²) >= 11 is 0. The number of nitrogens with zero attached hydrogens (tertiary/aromatic N) is 1. The number of hydrogen-bond acceptors (Lipinski definition) is 3. The standard InChI is InChI=1S/C23H32N4O2.HI/c1-5-17(2)27-22(28)20-12-10-18(11-13-20)16-26-23(24-3)25-15-14-19-8-6-7-9-21(19)29-4;/h6-13,17H,5,14-16H2,1-4H3,(H,27,28)(H2,24,25,26);1H. The molecule has 0 radical (unpaired) electrons. The summed E-state index contributed by atoms with van der Waals surface area (Å²) in [5.74, 6) is 1.60. The lowest BCUT2D eigenvalue weighted by Crippen LogP contribution is -2.37. The molecule has 30 heavy (non-hydrogen) atoms. The van der Waals surface area contributed by atoms with Gasteiger partial charge in [-0.1, -0.05) is 37.3 Å². The number of amides is 1. The van der Waals surface area contributed by atoms with Crippen molar-refractivity contribution in [2.24, 2.45) is 4.99 Å². The van der Waals surface area contributed by atoms with Gasteiger partial charge in [0.15, 0.2) is 5.96 Å². The molecule has 0 saturated heterocycles. The number of ether oxygens (including phenoxy) is 1. The first-order valence-electron chi connectivity index (χ1n) is 10.0. The van der Waals surface area contributed by atoms with Gasteiger partial charge in [0.25, 0.3) is 5.91 Å². The smallest absolute Gasteiger partial charge is 0.251 e. The highest BCUT2D eigenvalue weighted by Crippen LogP contribution is 2.17. The number of hydrogen-bond donors (Lipinski definition) is 3. The highest BCUT2D eigenvalue weighted by molar-refractivity contribution is 14.0. The van der Waals surface area contributed by atoms with Crippen molar-refractivity contribution < 1.29 is 9.53 Å². The highest BCUT2D eigenvalue weighted by atomic mass is 127. The molecule has 1 atom stereocenters. The van der Waals surface area contributed by atoms with Crippen molar-refractivity contribution in [3.8, 4) is 5.75 Å². The van der Waals surface area contributed by atoms with Crippen LogP contribution in [0.25, 0.3) is 0 Å². The van der Waals surface area contributed by atoms with Crippen LogP contribution in [0.4, 0.5) is 0 Å². The maximum atomic E-state index is 12.2. The maximum Gasteiger partial charge on any atom is 0.251 e. The van der Waals surface area contributed by atoms with Gasteiger partial charge in [-0.15, -0.1) is 24.0 Å². The number of para-hydroxylation sites is 1. The van der Waals surface area contributed by atoms with Gasteiger partial charge in [-0.2, -0.15) is 0 Å². The van der Waals surface area contributed by atoms with Crippen molar-refractivity contribution in [2.75, 3.05) is 20.7 Å². The van der Waals surface area contributed by atoms with E-state index in [4.69, 9.17) is 4.74 Å². The third-order valence-electron chi connectivity index (χ3n) is 4.77. The molecule has 0 bridgehead atoms. The van der Waals surface area contributed by atoms with Gasteiger partial charge in [0.2, 0.25) is 0 Å². The van der Waals surface area contributed by atoms with E-state index in [1.54, 1.807) is 14.2 Å². The molecule has 0 fully saturated rings. The van der Waals surface area contributed by atoms with E-state index in [-0.39, 0.29) is 35.9 Å². The van der Waals surface area contributed by atoms with Crippen LogP contribution in [0.1, 0.15) is 41.8 Å². The SMILES string of the molecule is CCC(C)NC(=O)c1ccc(CNC(=NC)NCCc2ccccc2OC)cc1.I. The Hall–Kier alpha value is -2.29. The Balaban J connectivity index is 0.00000450. The zero-order valence-electron chi connectivity index (χ0n) is 18.2. The lowest BCUT2D eigenvalue weighted by molar-refractivity contribution is 0.0939. The van der Waals surface area contributed by atoms with Gasteiger partial charge < -0.3 is 20.7 Å². The van der Waals surface area contributed by atoms with Gasteiger partial charge in [-0.25, -0.2) is 0 Å². The second-order valence-corrected chi connectivity index (χ2v) is 6.89. The summed E-state index contributed by atoms with van der Waals surface area (Å²) < 4.78 is 5.39. The summed E-state index contributed by atoms with van der Waals surface area (Å²) in [6, 6.07) is 15.8. The molecule has 0 spiro atoms. The molecule has 164 valence electrons. The van der Waals surface area contributed by atoms with Crippen molar-refractivity contribution in [1.29, 1.82) is 0 Å². The molecular formula is C23H33IN4O2. The molecule has 1 unspecified atom stereocenters. The molecular weight excluding hydrogens is 491 g/mol. The summed E-state index contributed by atoms with van der Waals surface area (Å²) in [4.78, 5) is 16.4. The monoisotopic (exact) mass is 524 g/mol. The number of guanidine groups is 1. The Morgan fingerprint density at radius 1 is 1.10 bits per heavy atom. The summed E-state index contributed by atoms with van der Waals surface area (Å²) in [6.07, 6.45) is 1.75. The Morgan fingerprint density at radius 3 is 2.43 bits per heavy atom. The van der Waals surface area contributed by atoms with Gasteiger partial charge in [-0.05, 0) is 49.1 Å². The predicted octanol–water partition coefficient (Wildman–Crippen LogP) is 3.75. The van der Waals surface area contributed by atoms with Crippen LogP contribution < -0.4 is 20.7 Å². The fourth-order valence-corrected chi connectivity index (χ4v) is 2.81. The first kappa shape index (κ1) is 25.7. The fourth-order valence-electron chi connectivity index (χ4n) is 2.81. The Morgan fingerprint density at radius 2 is 1.80 bits per heavy atom. The number of aliphatic imine (C=N–C) groups is 1. The molecule has 0 aliphatic heterocycles. The van der Waals surface area contributed by atoms with Crippen LogP contribution in [0.2, 0.25) is 0 Å². The molecule has 0 aliphatic rings. The molecule has 0 aliphatic carbocycles. The van der Waals surface area contributed by atoms with E-state index in [9.17, 15) is 4.79 Å². The molecule has 2 rings (SSSR count). The molecule has 2 aromatic rings. The number of methoxy groups -OCH3 is 1. The molecule has 7 heteroatoms. The molecule has 6 nitrogen and oxygen atoms in total. The van der Waals surface area contributed by atoms with Crippen LogP contribution in [0, 0.1) is 0 Å². The highest BCUT2D eigenvalue weighted by Gasteiger charge is 2.08. The molecule has 1 amide bonds. The number of carbonyl (C=O) groups is 1. The van der Waals surface area contributed by atoms with Crippen molar-refractivity contribution in [1.82, 2.24) is 16.0 Å². The quantitative estimate of drug-likeness (QED) is 0.266. The number of carbonyl (C=O) groups excluding carboxylic acids is 1. The maximum absolute atomic E-state index is 12.2. The molecule has 2 aromatic carbocycles. The van der Waals surface area contributed by atoms with Crippen LogP contribution >= 0.6 is 24.0 Å². The van der Waals surface area contributed by atoms with Crippen LogP contribution in [0.3, 0.4) is 0 Å². The third kappa shape index (κ3) is 8.22. The first-order chi connectivity index (χ1) is 14.1. The topological polar surface area (TPSA) is 74.8 Å². The minimum atomic E-state index is -0.0346.